The molecule has 0 amide bonds. The smallest absolute Gasteiger partial charge is 0.146 e. The molecule has 0 unspecified atom stereocenters. The molecule has 0 aliphatic heterocycles. The van der Waals surface area contributed by atoms with E-state index in [9.17, 15) is 9.50 Å². The average Bonchev–Trinajstić information content (AvgIpc) is 2.49. The fraction of sp³-hybridized carbons (Fsp3) is 0.0625. The molecule has 0 saturated carbocycles. The summed E-state index contributed by atoms with van der Waals surface area (Å²) in [5.41, 5.74) is 1.19. The second-order valence-corrected chi connectivity index (χ2v) is 4.87. The van der Waals surface area contributed by atoms with Crippen molar-refractivity contribution < 1.29 is 14.2 Å². The first-order valence-corrected chi connectivity index (χ1v) is 6.67. The van der Waals surface area contributed by atoms with Crippen LogP contribution in [-0.2, 0) is 6.61 Å². The topological polar surface area (TPSA) is 42.4 Å². The molecule has 1 N–H and O–H groups in total. The van der Waals surface area contributed by atoms with Crippen LogP contribution in [0, 0.1) is 5.82 Å². The highest BCUT2D eigenvalue weighted by atomic mass is 35.5. The molecule has 1 aromatic heterocycles. The lowest BCUT2D eigenvalue weighted by atomic mass is 10.2. The Morgan fingerprint density at radius 1 is 1.10 bits per heavy atom. The largest absolute Gasteiger partial charge is 0.455 e. The molecular weight excluding hydrogens is 293 g/mol. The van der Waals surface area contributed by atoms with Crippen LogP contribution in [0.4, 0.5) is 4.39 Å². The SMILES string of the molecule is OCc1cc(Oc2ccc(F)cc2Cl)c2ccccc2n1. The van der Waals surface area contributed by atoms with Crippen LogP contribution in [0.25, 0.3) is 10.9 Å². The van der Waals surface area contributed by atoms with E-state index in [-0.39, 0.29) is 11.6 Å². The van der Waals surface area contributed by atoms with Crippen molar-refractivity contribution in [1.82, 2.24) is 4.98 Å². The molecule has 0 radical (unpaired) electrons. The van der Waals surface area contributed by atoms with Gasteiger partial charge in [-0.3, -0.25) is 4.98 Å². The third-order valence-corrected chi connectivity index (χ3v) is 3.30. The highest BCUT2D eigenvalue weighted by Crippen LogP contribution is 2.34. The molecular formula is C16H11ClFNO2. The average molecular weight is 304 g/mol. The van der Waals surface area contributed by atoms with Gasteiger partial charge in [0, 0.05) is 11.5 Å². The summed E-state index contributed by atoms with van der Waals surface area (Å²) in [6.45, 7) is -0.196. The molecule has 0 spiro atoms. The fourth-order valence-corrected chi connectivity index (χ4v) is 2.24. The Bertz CT molecular complexity index is 807. The molecule has 0 saturated heterocycles. The van der Waals surface area contributed by atoms with E-state index in [0.29, 0.717) is 22.7 Å². The Labute approximate surface area is 125 Å². The maximum Gasteiger partial charge on any atom is 0.146 e. The fourth-order valence-electron chi connectivity index (χ4n) is 2.04. The highest BCUT2D eigenvalue weighted by molar-refractivity contribution is 6.32. The Balaban J connectivity index is 2.10. The van der Waals surface area contributed by atoms with Crippen LogP contribution in [0.3, 0.4) is 0 Å². The van der Waals surface area contributed by atoms with Crippen LogP contribution in [-0.4, -0.2) is 10.1 Å². The predicted octanol–water partition coefficient (Wildman–Crippen LogP) is 4.31. The van der Waals surface area contributed by atoms with Gasteiger partial charge in [-0.05, 0) is 30.3 Å². The van der Waals surface area contributed by atoms with Crippen molar-refractivity contribution in [3.05, 3.63) is 65.1 Å². The Hall–Kier alpha value is -2.17. The lowest BCUT2D eigenvalue weighted by Gasteiger charge is -2.11. The maximum atomic E-state index is 13.1. The minimum absolute atomic E-state index is 0.182. The number of ether oxygens (including phenoxy) is 1. The molecule has 1 heterocycles. The van der Waals surface area contributed by atoms with E-state index < -0.39 is 5.82 Å². The van der Waals surface area contributed by atoms with Gasteiger partial charge in [0.25, 0.3) is 0 Å². The van der Waals surface area contributed by atoms with Crippen molar-refractivity contribution in [1.29, 1.82) is 0 Å². The molecule has 0 bridgehead atoms. The number of hydrogen-bond donors (Lipinski definition) is 1. The van der Waals surface area contributed by atoms with Gasteiger partial charge >= 0.3 is 0 Å². The predicted molar refractivity (Wildman–Crippen MR) is 79.1 cm³/mol. The molecule has 0 aliphatic carbocycles. The normalized spacial score (nSPS) is 10.8. The van der Waals surface area contributed by atoms with Gasteiger partial charge in [-0.15, -0.1) is 0 Å². The number of pyridine rings is 1. The molecule has 106 valence electrons. The first kappa shape index (κ1) is 13.8. The first-order valence-electron chi connectivity index (χ1n) is 6.30. The Kier molecular flexibility index (Phi) is 3.73. The zero-order valence-electron chi connectivity index (χ0n) is 10.9. The molecule has 21 heavy (non-hydrogen) atoms. The number of hydrogen-bond acceptors (Lipinski definition) is 3. The third-order valence-electron chi connectivity index (χ3n) is 3.01. The number of aliphatic hydroxyl groups is 1. The van der Waals surface area contributed by atoms with Gasteiger partial charge in [-0.2, -0.15) is 0 Å². The molecule has 2 aromatic carbocycles. The summed E-state index contributed by atoms with van der Waals surface area (Å²) in [7, 11) is 0. The summed E-state index contributed by atoms with van der Waals surface area (Å²) in [5, 5.41) is 10.3. The molecule has 3 nitrogen and oxygen atoms in total. The number of aromatic nitrogens is 1. The number of rotatable bonds is 3. The van der Waals surface area contributed by atoms with E-state index in [4.69, 9.17) is 16.3 Å². The van der Waals surface area contributed by atoms with Crippen molar-refractivity contribution in [3.63, 3.8) is 0 Å². The second-order valence-electron chi connectivity index (χ2n) is 4.46. The second kappa shape index (κ2) is 5.68. The van der Waals surface area contributed by atoms with Crippen molar-refractivity contribution in [2.24, 2.45) is 0 Å². The van der Waals surface area contributed by atoms with E-state index in [2.05, 4.69) is 4.98 Å². The number of halogens is 2. The van der Waals surface area contributed by atoms with E-state index in [1.165, 1.54) is 18.2 Å². The van der Waals surface area contributed by atoms with Crippen LogP contribution in [0.15, 0.2) is 48.5 Å². The number of fused-ring (bicyclic) bond motifs is 1. The van der Waals surface area contributed by atoms with Crippen LogP contribution in [0.1, 0.15) is 5.69 Å². The highest BCUT2D eigenvalue weighted by Gasteiger charge is 2.10. The minimum Gasteiger partial charge on any atom is -0.455 e. The quantitative estimate of drug-likeness (QED) is 0.784. The third kappa shape index (κ3) is 2.82. The zero-order chi connectivity index (χ0) is 14.8. The minimum atomic E-state index is -0.428. The van der Waals surface area contributed by atoms with E-state index in [1.807, 2.05) is 24.3 Å². The summed E-state index contributed by atoms with van der Waals surface area (Å²) in [6, 6.07) is 13.0. The molecule has 3 aromatic rings. The van der Waals surface area contributed by atoms with Crippen LogP contribution in [0.5, 0.6) is 11.5 Å². The number of para-hydroxylation sites is 1. The number of aliphatic hydroxyl groups excluding tert-OH is 1. The van der Waals surface area contributed by atoms with Gasteiger partial charge < -0.3 is 9.84 Å². The summed E-state index contributed by atoms with van der Waals surface area (Å²) in [6.07, 6.45) is 0. The summed E-state index contributed by atoms with van der Waals surface area (Å²) in [5.74, 6) is 0.430. The van der Waals surface area contributed by atoms with Crippen LogP contribution < -0.4 is 4.74 Å². The van der Waals surface area contributed by atoms with Crippen molar-refractivity contribution in [2.45, 2.75) is 6.61 Å². The van der Waals surface area contributed by atoms with Gasteiger partial charge in [0.05, 0.1) is 22.8 Å². The van der Waals surface area contributed by atoms with E-state index in [1.54, 1.807) is 6.07 Å². The maximum absolute atomic E-state index is 13.1. The molecule has 5 heteroatoms. The van der Waals surface area contributed by atoms with Crippen molar-refractivity contribution in [2.75, 3.05) is 0 Å². The number of benzene rings is 2. The monoisotopic (exact) mass is 303 g/mol. The molecule has 0 atom stereocenters. The summed E-state index contributed by atoms with van der Waals surface area (Å²) >= 11 is 5.97. The van der Waals surface area contributed by atoms with Gasteiger partial charge in [0.15, 0.2) is 0 Å². The van der Waals surface area contributed by atoms with Crippen LogP contribution >= 0.6 is 11.6 Å². The van der Waals surface area contributed by atoms with E-state index >= 15 is 0 Å². The molecule has 3 rings (SSSR count). The van der Waals surface area contributed by atoms with Crippen molar-refractivity contribution in [3.8, 4) is 11.5 Å². The zero-order valence-corrected chi connectivity index (χ0v) is 11.6. The standard InChI is InChI=1S/C16H11ClFNO2/c17-13-7-10(18)5-6-15(13)21-16-8-11(9-20)19-14-4-2-1-3-12(14)16/h1-8,20H,9H2. The van der Waals surface area contributed by atoms with Gasteiger partial charge in [-0.1, -0.05) is 23.7 Å². The Morgan fingerprint density at radius 2 is 1.90 bits per heavy atom. The van der Waals surface area contributed by atoms with Crippen LogP contribution in [0.2, 0.25) is 5.02 Å². The first-order chi connectivity index (χ1) is 10.2. The summed E-state index contributed by atoms with van der Waals surface area (Å²) < 4.78 is 18.8. The molecule has 0 fully saturated rings. The summed E-state index contributed by atoms with van der Waals surface area (Å²) in [4.78, 5) is 4.31. The van der Waals surface area contributed by atoms with E-state index in [0.717, 1.165) is 5.39 Å². The lowest BCUT2D eigenvalue weighted by molar-refractivity contribution is 0.277. The number of nitrogens with zero attached hydrogens (tertiary/aromatic N) is 1. The lowest BCUT2D eigenvalue weighted by Crippen LogP contribution is -1.94. The van der Waals surface area contributed by atoms with Gasteiger partial charge in [0.2, 0.25) is 0 Å². The Morgan fingerprint density at radius 3 is 2.67 bits per heavy atom. The van der Waals surface area contributed by atoms with Gasteiger partial charge in [-0.25, -0.2) is 4.39 Å². The molecule has 0 aliphatic rings. The van der Waals surface area contributed by atoms with Gasteiger partial charge in [0.1, 0.15) is 17.3 Å². The van der Waals surface area contributed by atoms with Crippen molar-refractivity contribution >= 4 is 22.5 Å².